The minimum atomic E-state index is 1.18. The smallest absolute Gasteiger partial charge is 0.0136 e. The third-order valence-electron chi connectivity index (χ3n) is 2.21. The van der Waals surface area contributed by atoms with Gasteiger partial charge in [-0.15, -0.1) is 0 Å². The Morgan fingerprint density at radius 2 is 2.15 bits per heavy atom. The first-order chi connectivity index (χ1) is 6.36. The fourth-order valence-electron chi connectivity index (χ4n) is 1.53. The van der Waals surface area contributed by atoms with E-state index in [0.29, 0.717) is 0 Å². The van der Waals surface area contributed by atoms with Crippen LogP contribution >= 0.6 is 22.6 Å². The molecule has 0 radical (unpaired) electrons. The fourth-order valence-corrected chi connectivity index (χ4v) is 2.07. The summed E-state index contributed by atoms with van der Waals surface area (Å²) in [6, 6.07) is 8.68. The van der Waals surface area contributed by atoms with E-state index in [1.807, 2.05) is 0 Å². The van der Waals surface area contributed by atoms with Gasteiger partial charge >= 0.3 is 0 Å². The Bertz CT molecular complexity index is 361. The van der Waals surface area contributed by atoms with Crippen LogP contribution in [0.4, 0.5) is 0 Å². The van der Waals surface area contributed by atoms with Crippen LogP contribution in [0.25, 0.3) is 5.57 Å². The van der Waals surface area contributed by atoms with E-state index in [1.54, 1.807) is 0 Å². The minimum absolute atomic E-state index is 1.18. The zero-order chi connectivity index (χ0) is 9.10. The van der Waals surface area contributed by atoms with Gasteiger partial charge in [0.05, 0.1) is 0 Å². The highest BCUT2D eigenvalue weighted by Gasteiger charge is 2.02. The fraction of sp³-hybridized carbons (Fsp3) is 0.167. The van der Waals surface area contributed by atoms with Gasteiger partial charge in [0, 0.05) is 3.57 Å². The summed E-state index contributed by atoms with van der Waals surface area (Å²) in [5, 5.41) is 0. The summed E-state index contributed by atoms with van der Waals surface area (Å²) in [4.78, 5) is 0. The highest BCUT2D eigenvalue weighted by molar-refractivity contribution is 14.1. The molecule has 1 heteroatoms. The molecule has 2 rings (SSSR count). The molecule has 0 heterocycles. The maximum Gasteiger partial charge on any atom is 0.0136 e. The molecule has 0 saturated heterocycles. The molecule has 0 bridgehead atoms. The van der Waals surface area contributed by atoms with E-state index in [1.165, 1.54) is 27.5 Å². The van der Waals surface area contributed by atoms with Crippen LogP contribution in [0.15, 0.2) is 42.5 Å². The first-order valence-corrected chi connectivity index (χ1v) is 5.56. The molecule has 1 aromatic rings. The number of halogens is 1. The van der Waals surface area contributed by atoms with Crippen LogP contribution in [0.5, 0.6) is 0 Å². The van der Waals surface area contributed by atoms with Crippen molar-refractivity contribution in [3.63, 3.8) is 0 Å². The van der Waals surface area contributed by atoms with Crippen molar-refractivity contribution >= 4 is 28.2 Å². The molecule has 1 aromatic carbocycles. The Balaban J connectivity index is 2.34. The topological polar surface area (TPSA) is 0 Å². The Labute approximate surface area is 92.5 Å². The molecule has 0 saturated carbocycles. The minimum Gasteiger partial charge on any atom is -0.0842 e. The Morgan fingerprint density at radius 3 is 2.85 bits per heavy atom. The van der Waals surface area contributed by atoms with Gasteiger partial charge in [-0.1, -0.05) is 30.4 Å². The Kier molecular flexibility index (Phi) is 2.83. The predicted octanol–water partition coefficient (Wildman–Crippen LogP) is 4.02. The second-order valence-electron chi connectivity index (χ2n) is 3.17. The molecule has 66 valence electrons. The van der Waals surface area contributed by atoms with Gasteiger partial charge in [0.15, 0.2) is 0 Å². The number of benzene rings is 1. The molecule has 0 aliphatic heterocycles. The summed E-state index contributed by atoms with van der Waals surface area (Å²) >= 11 is 2.36. The summed E-state index contributed by atoms with van der Waals surface area (Å²) in [6.07, 6.45) is 8.94. The van der Waals surface area contributed by atoms with Gasteiger partial charge in [0.1, 0.15) is 0 Å². The van der Waals surface area contributed by atoms with Gasteiger partial charge in [-0.05, 0) is 58.7 Å². The van der Waals surface area contributed by atoms with Crippen LogP contribution in [0, 0.1) is 3.57 Å². The zero-order valence-corrected chi connectivity index (χ0v) is 9.49. The van der Waals surface area contributed by atoms with Crippen molar-refractivity contribution in [1.29, 1.82) is 0 Å². The summed E-state index contributed by atoms with van der Waals surface area (Å²) < 4.78 is 1.31. The molecule has 0 nitrogen and oxygen atoms in total. The van der Waals surface area contributed by atoms with Crippen LogP contribution in [-0.2, 0) is 0 Å². The Morgan fingerprint density at radius 1 is 1.23 bits per heavy atom. The van der Waals surface area contributed by atoms with E-state index >= 15 is 0 Å². The third-order valence-corrected chi connectivity index (χ3v) is 2.88. The van der Waals surface area contributed by atoms with Crippen LogP contribution in [0.3, 0.4) is 0 Å². The predicted molar refractivity (Wildman–Crippen MR) is 65.5 cm³/mol. The van der Waals surface area contributed by atoms with Crippen molar-refractivity contribution in [2.75, 3.05) is 0 Å². The van der Waals surface area contributed by atoms with Crippen molar-refractivity contribution < 1.29 is 0 Å². The molecule has 13 heavy (non-hydrogen) atoms. The quantitative estimate of drug-likeness (QED) is 0.682. The standard InChI is InChI=1S/C12H11I/c13-12-8-4-7-11(9-12)10-5-2-1-3-6-10/h1-2,4-5,7-9H,3,6H2. The van der Waals surface area contributed by atoms with E-state index < -0.39 is 0 Å². The van der Waals surface area contributed by atoms with Gasteiger partial charge in [0.2, 0.25) is 0 Å². The SMILES string of the molecule is Ic1cccc(C2=CC=CCC2)c1. The number of hydrogen-bond donors (Lipinski definition) is 0. The zero-order valence-electron chi connectivity index (χ0n) is 7.33. The first kappa shape index (κ1) is 9.00. The normalized spacial score (nSPS) is 15.6. The second kappa shape index (κ2) is 4.09. The maximum atomic E-state index is 2.36. The summed E-state index contributed by atoms with van der Waals surface area (Å²) in [5.74, 6) is 0. The summed E-state index contributed by atoms with van der Waals surface area (Å²) in [5.41, 5.74) is 2.83. The third kappa shape index (κ3) is 2.21. The van der Waals surface area contributed by atoms with Crippen molar-refractivity contribution in [3.05, 3.63) is 51.6 Å². The lowest BCUT2D eigenvalue weighted by Gasteiger charge is -2.09. The lowest BCUT2D eigenvalue weighted by atomic mass is 9.98. The highest BCUT2D eigenvalue weighted by Crippen LogP contribution is 2.24. The molecular formula is C12H11I. The van der Waals surface area contributed by atoms with E-state index in [4.69, 9.17) is 0 Å². The molecule has 1 aliphatic carbocycles. The van der Waals surface area contributed by atoms with Gasteiger partial charge in [-0.2, -0.15) is 0 Å². The second-order valence-corrected chi connectivity index (χ2v) is 4.41. The lowest BCUT2D eigenvalue weighted by molar-refractivity contribution is 1.05. The van der Waals surface area contributed by atoms with Gasteiger partial charge < -0.3 is 0 Å². The molecule has 0 aromatic heterocycles. The largest absolute Gasteiger partial charge is 0.0842 e. The molecular weight excluding hydrogens is 271 g/mol. The van der Waals surface area contributed by atoms with Gasteiger partial charge in [-0.3, -0.25) is 0 Å². The van der Waals surface area contributed by atoms with E-state index in [9.17, 15) is 0 Å². The first-order valence-electron chi connectivity index (χ1n) is 4.48. The van der Waals surface area contributed by atoms with Crippen molar-refractivity contribution in [2.24, 2.45) is 0 Å². The summed E-state index contributed by atoms with van der Waals surface area (Å²) in [6.45, 7) is 0. The van der Waals surface area contributed by atoms with Gasteiger partial charge in [-0.25, -0.2) is 0 Å². The number of rotatable bonds is 1. The highest BCUT2D eigenvalue weighted by atomic mass is 127. The van der Waals surface area contributed by atoms with E-state index in [2.05, 4.69) is 65.1 Å². The molecule has 0 atom stereocenters. The molecule has 1 aliphatic rings. The van der Waals surface area contributed by atoms with Gasteiger partial charge in [0.25, 0.3) is 0 Å². The molecule has 0 amide bonds. The molecule has 0 N–H and O–H groups in total. The molecule has 0 spiro atoms. The van der Waals surface area contributed by atoms with Crippen LogP contribution < -0.4 is 0 Å². The van der Waals surface area contributed by atoms with E-state index in [0.717, 1.165) is 0 Å². The molecule has 0 fully saturated rings. The average molecular weight is 282 g/mol. The Hall–Kier alpha value is -0.570. The van der Waals surface area contributed by atoms with Crippen LogP contribution in [0.1, 0.15) is 18.4 Å². The number of allylic oxidation sites excluding steroid dienone is 4. The van der Waals surface area contributed by atoms with E-state index in [-0.39, 0.29) is 0 Å². The number of hydrogen-bond acceptors (Lipinski definition) is 0. The average Bonchev–Trinajstić information content (AvgIpc) is 2.19. The summed E-state index contributed by atoms with van der Waals surface area (Å²) in [7, 11) is 0. The van der Waals surface area contributed by atoms with Crippen LogP contribution in [-0.4, -0.2) is 0 Å². The molecule has 0 unspecified atom stereocenters. The van der Waals surface area contributed by atoms with Crippen molar-refractivity contribution in [1.82, 2.24) is 0 Å². The maximum absolute atomic E-state index is 2.36. The lowest BCUT2D eigenvalue weighted by Crippen LogP contribution is -1.87. The van der Waals surface area contributed by atoms with Crippen LogP contribution in [0.2, 0.25) is 0 Å². The van der Waals surface area contributed by atoms with Crippen molar-refractivity contribution in [3.8, 4) is 0 Å². The monoisotopic (exact) mass is 282 g/mol. The van der Waals surface area contributed by atoms with Crippen molar-refractivity contribution in [2.45, 2.75) is 12.8 Å².